The topological polar surface area (TPSA) is 58.4 Å². The number of nitro groups is 1. The Labute approximate surface area is 130 Å². The molecule has 1 saturated carbocycles. The van der Waals surface area contributed by atoms with E-state index >= 15 is 0 Å². The van der Waals surface area contributed by atoms with Crippen LogP contribution in [-0.4, -0.2) is 36.0 Å². The van der Waals surface area contributed by atoms with E-state index in [1.165, 1.54) is 31.7 Å². The van der Waals surface area contributed by atoms with Crippen molar-refractivity contribution in [3.63, 3.8) is 0 Å². The number of benzene rings is 1. The van der Waals surface area contributed by atoms with Crippen molar-refractivity contribution < 1.29 is 4.92 Å². The van der Waals surface area contributed by atoms with Crippen LogP contribution in [0, 0.1) is 10.1 Å². The molecule has 0 heterocycles. The number of nitrogens with zero attached hydrogens (tertiary/aromatic N) is 2. The van der Waals surface area contributed by atoms with Gasteiger partial charge in [-0.1, -0.05) is 24.4 Å². The van der Waals surface area contributed by atoms with E-state index in [-0.39, 0.29) is 16.1 Å². The first kappa shape index (κ1) is 16.2. The summed E-state index contributed by atoms with van der Waals surface area (Å²) in [6.07, 6.45) is 4.84. The standard InChI is InChI=1S/C15H22ClN3O2/c1-18(2)15(7-3-4-8-15)11-17-10-12-9-13(16)5-6-14(12)19(20)21/h5-6,9,17H,3-4,7-8,10-11H2,1-2H3. The molecule has 1 N–H and O–H groups in total. The zero-order chi connectivity index (χ0) is 15.5. The van der Waals surface area contributed by atoms with Crippen molar-refractivity contribution in [1.29, 1.82) is 0 Å². The Morgan fingerprint density at radius 2 is 2.05 bits per heavy atom. The van der Waals surface area contributed by atoms with Crippen molar-refractivity contribution in [2.24, 2.45) is 0 Å². The first-order valence-electron chi connectivity index (χ1n) is 7.26. The predicted molar refractivity (Wildman–Crippen MR) is 84.7 cm³/mol. The Morgan fingerprint density at radius 3 is 2.62 bits per heavy atom. The SMILES string of the molecule is CN(C)C1(CNCc2cc(Cl)ccc2[N+](=O)[O-])CCCC1. The van der Waals surface area contributed by atoms with Crippen LogP contribution in [0.5, 0.6) is 0 Å². The van der Waals surface area contributed by atoms with E-state index in [0.29, 0.717) is 17.1 Å². The fourth-order valence-electron chi connectivity index (χ4n) is 3.12. The molecule has 116 valence electrons. The highest BCUT2D eigenvalue weighted by molar-refractivity contribution is 6.30. The molecular formula is C15H22ClN3O2. The van der Waals surface area contributed by atoms with Crippen LogP contribution in [0.15, 0.2) is 18.2 Å². The molecule has 6 heteroatoms. The first-order chi connectivity index (χ1) is 9.94. The normalized spacial score (nSPS) is 17.3. The van der Waals surface area contributed by atoms with Crippen molar-refractivity contribution in [3.8, 4) is 0 Å². The first-order valence-corrected chi connectivity index (χ1v) is 7.63. The highest BCUT2D eigenvalue weighted by Gasteiger charge is 2.35. The maximum Gasteiger partial charge on any atom is 0.273 e. The molecule has 0 radical (unpaired) electrons. The zero-order valence-electron chi connectivity index (χ0n) is 12.6. The van der Waals surface area contributed by atoms with Crippen LogP contribution in [0.4, 0.5) is 5.69 Å². The molecule has 1 aliphatic rings. The van der Waals surface area contributed by atoms with Crippen LogP contribution >= 0.6 is 11.6 Å². The Kier molecular flexibility index (Phi) is 5.19. The molecule has 0 atom stereocenters. The Bertz CT molecular complexity index is 514. The van der Waals surface area contributed by atoms with Gasteiger partial charge in [-0.2, -0.15) is 0 Å². The number of nitrogens with one attached hydrogen (secondary N) is 1. The van der Waals surface area contributed by atoms with Crippen LogP contribution in [0.1, 0.15) is 31.2 Å². The van der Waals surface area contributed by atoms with E-state index in [0.717, 1.165) is 6.54 Å². The third-order valence-electron chi connectivity index (χ3n) is 4.49. The molecule has 0 saturated heterocycles. The highest BCUT2D eigenvalue weighted by atomic mass is 35.5. The second-order valence-electron chi connectivity index (χ2n) is 5.96. The van der Waals surface area contributed by atoms with Crippen molar-refractivity contribution in [2.45, 2.75) is 37.8 Å². The average Bonchev–Trinajstić information content (AvgIpc) is 2.88. The summed E-state index contributed by atoms with van der Waals surface area (Å²) >= 11 is 5.95. The number of nitro benzene ring substituents is 1. The lowest BCUT2D eigenvalue weighted by Crippen LogP contribution is -2.49. The molecule has 0 amide bonds. The van der Waals surface area contributed by atoms with Crippen LogP contribution in [-0.2, 0) is 6.54 Å². The zero-order valence-corrected chi connectivity index (χ0v) is 13.3. The number of likely N-dealkylation sites (N-methyl/N-ethyl adjacent to an activating group) is 1. The van der Waals surface area contributed by atoms with Gasteiger partial charge in [0.15, 0.2) is 0 Å². The minimum absolute atomic E-state index is 0.122. The molecule has 0 aromatic heterocycles. The smallest absolute Gasteiger partial charge is 0.273 e. The van der Waals surface area contributed by atoms with Crippen molar-refractivity contribution in [2.75, 3.05) is 20.6 Å². The van der Waals surface area contributed by atoms with Gasteiger partial charge in [0.25, 0.3) is 5.69 Å². The van der Waals surface area contributed by atoms with Gasteiger partial charge in [0.05, 0.1) is 4.92 Å². The summed E-state index contributed by atoms with van der Waals surface area (Å²) in [7, 11) is 4.21. The van der Waals surface area contributed by atoms with Crippen molar-refractivity contribution in [1.82, 2.24) is 10.2 Å². The Morgan fingerprint density at radius 1 is 1.38 bits per heavy atom. The summed E-state index contributed by atoms with van der Waals surface area (Å²) in [5.74, 6) is 0. The molecule has 0 spiro atoms. The lowest BCUT2D eigenvalue weighted by atomic mass is 9.96. The van der Waals surface area contributed by atoms with Gasteiger partial charge in [-0.25, -0.2) is 0 Å². The van der Waals surface area contributed by atoms with Crippen LogP contribution in [0.2, 0.25) is 5.02 Å². The number of hydrogen-bond acceptors (Lipinski definition) is 4. The molecule has 0 aliphatic heterocycles. The maximum atomic E-state index is 11.1. The Hall–Kier alpha value is -1.17. The molecular weight excluding hydrogens is 290 g/mol. The molecule has 1 fully saturated rings. The molecule has 0 unspecified atom stereocenters. The number of hydrogen-bond donors (Lipinski definition) is 1. The van der Waals surface area contributed by atoms with Gasteiger partial charge in [-0.05, 0) is 39.1 Å². The lowest BCUT2D eigenvalue weighted by Gasteiger charge is -2.36. The van der Waals surface area contributed by atoms with E-state index in [9.17, 15) is 10.1 Å². The van der Waals surface area contributed by atoms with Gasteiger partial charge in [-0.15, -0.1) is 0 Å². The summed E-state index contributed by atoms with van der Waals surface area (Å²) in [4.78, 5) is 13.0. The van der Waals surface area contributed by atoms with Gasteiger partial charge in [0.2, 0.25) is 0 Å². The summed E-state index contributed by atoms with van der Waals surface area (Å²) in [5.41, 5.74) is 0.935. The van der Waals surface area contributed by atoms with E-state index in [4.69, 9.17) is 11.6 Å². The van der Waals surface area contributed by atoms with Gasteiger partial charge in [-0.3, -0.25) is 10.1 Å². The predicted octanol–water partition coefficient (Wildman–Crippen LogP) is 3.21. The van der Waals surface area contributed by atoms with Crippen LogP contribution in [0.3, 0.4) is 0 Å². The van der Waals surface area contributed by atoms with Gasteiger partial charge < -0.3 is 10.2 Å². The molecule has 0 bridgehead atoms. The molecule has 1 aromatic rings. The second-order valence-corrected chi connectivity index (χ2v) is 6.40. The fourth-order valence-corrected chi connectivity index (χ4v) is 3.31. The summed E-state index contributed by atoms with van der Waals surface area (Å²) < 4.78 is 0. The lowest BCUT2D eigenvalue weighted by molar-refractivity contribution is -0.385. The van der Waals surface area contributed by atoms with Crippen LogP contribution < -0.4 is 5.32 Å². The van der Waals surface area contributed by atoms with E-state index in [2.05, 4.69) is 24.3 Å². The molecule has 2 rings (SSSR count). The molecule has 1 aromatic carbocycles. The third kappa shape index (κ3) is 3.73. The fraction of sp³-hybridized carbons (Fsp3) is 0.600. The number of rotatable bonds is 6. The minimum Gasteiger partial charge on any atom is -0.311 e. The molecule has 21 heavy (non-hydrogen) atoms. The van der Waals surface area contributed by atoms with E-state index in [1.54, 1.807) is 12.1 Å². The quantitative estimate of drug-likeness (QED) is 0.647. The maximum absolute atomic E-state index is 11.1. The van der Waals surface area contributed by atoms with E-state index < -0.39 is 0 Å². The third-order valence-corrected chi connectivity index (χ3v) is 4.73. The average molecular weight is 312 g/mol. The molecule has 5 nitrogen and oxygen atoms in total. The highest BCUT2D eigenvalue weighted by Crippen LogP contribution is 2.33. The summed E-state index contributed by atoms with van der Waals surface area (Å²) in [6.45, 7) is 1.30. The molecule has 1 aliphatic carbocycles. The van der Waals surface area contributed by atoms with Crippen molar-refractivity contribution in [3.05, 3.63) is 38.9 Å². The minimum atomic E-state index is -0.357. The Balaban J connectivity index is 2.03. The van der Waals surface area contributed by atoms with E-state index in [1.807, 2.05) is 0 Å². The summed E-state index contributed by atoms with van der Waals surface area (Å²) in [5, 5.41) is 15.0. The monoisotopic (exact) mass is 311 g/mol. The second kappa shape index (κ2) is 6.73. The van der Waals surface area contributed by atoms with Gasteiger partial charge >= 0.3 is 0 Å². The summed E-state index contributed by atoms with van der Waals surface area (Å²) in [6, 6.07) is 4.70. The van der Waals surface area contributed by atoms with Gasteiger partial charge in [0, 0.05) is 35.3 Å². The van der Waals surface area contributed by atoms with Crippen LogP contribution in [0.25, 0.3) is 0 Å². The van der Waals surface area contributed by atoms with Crippen molar-refractivity contribution >= 4 is 17.3 Å². The largest absolute Gasteiger partial charge is 0.311 e. The van der Waals surface area contributed by atoms with Gasteiger partial charge in [0.1, 0.15) is 0 Å². The number of halogens is 1.